The predicted molar refractivity (Wildman–Crippen MR) is 72.3 cm³/mol. The van der Waals surface area contributed by atoms with Crippen molar-refractivity contribution in [1.29, 1.82) is 0 Å². The number of hydrogen-bond acceptors (Lipinski definition) is 5. The molecule has 0 heterocycles. The summed E-state index contributed by atoms with van der Waals surface area (Å²) in [5.74, 6) is -0.415. The molecule has 0 rings (SSSR count). The normalized spacial score (nSPS) is 11.7. The van der Waals surface area contributed by atoms with Crippen molar-refractivity contribution in [3.05, 3.63) is 0 Å². The summed E-state index contributed by atoms with van der Waals surface area (Å²) in [6, 6.07) is 0. The van der Waals surface area contributed by atoms with Crippen molar-refractivity contribution < 1.29 is 19.1 Å². The maximum atomic E-state index is 11.3. The molecule has 1 radical (unpaired) electrons. The zero-order chi connectivity index (χ0) is 14.9. The quantitative estimate of drug-likeness (QED) is 0.238. The molecule has 0 atom stereocenters. The zero-order valence-electron chi connectivity index (χ0n) is 11.6. The molecule has 0 bridgehead atoms. The van der Waals surface area contributed by atoms with Crippen LogP contribution in [0.15, 0.2) is 4.99 Å². The fourth-order valence-corrected chi connectivity index (χ4v) is 1.25. The van der Waals surface area contributed by atoms with Crippen molar-refractivity contribution in [3.63, 3.8) is 0 Å². The van der Waals surface area contributed by atoms with Gasteiger partial charge in [-0.1, -0.05) is 0 Å². The van der Waals surface area contributed by atoms with Crippen molar-refractivity contribution in [1.82, 2.24) is 10.6 Å². The summed E-state index contributed by atoms with van der Waals surface area (Å²) in [6.07, 6.45) is -0.470. The van der Waals surface area contributed by atoms with Crippen LogP contribution in [0.1, 0.15) is 20.8 Å². The number of methoxy groups -OCH3 is 1. The van der Waals surface area contributed by atoms with Gasteiger partial charge in [0, 0.05) is 0 Å². The van der Waals surface area contributed by atoms with Gasteiger partial charge in [0.15, 0.2) is 0 Å². The molecule has 2 N–H and O–H groups in total. The molecule has 0 aliphatic heterocycles. The summed E-state index contributed by atoms with van der Waals surface area (Å²) in [5, 5.41) is 5.48. The summed E-state index contributed by atoms with van der Waals surface area (Å²) in [4.78, 5) is 26.0. The zero-order valence-corrected chi connectivity index (χ0v) is 13.3. The molecule has 109 valence electrons. The number of carbonyl (C=O) groups is 2. The minimum absolute atomic E-state index is 0.0503. The van der Waals surface area contributed by atoms with E-state index in [9.17, 15) is 9.59 Å². The predicted octanol–water partition coefficient (Wildman–Crippen LogP) is -0.202. The van der Waals surface area contributed by atoms with Gasteiger partial charge in [-0.15, -0.1) is 0 Å². The van der Waals surface area contributed by atoms with Crippen LogP contribution in [0.4, 0.5) is 4.79 Å². The van der Waals surface area contributed by atoms with Crippen LogP contribution in [-0.4, -0.2) is 65.2 Å². The van der Waals surface area contributed by atoms with E-state index >= 15 is 0 Å². The molecule has 8 heteroatoms. The van der Waals surface area contributed by atoms with Gasteiger partial charge in [0.1, 0.15) is 0 Å². The third-order valence-corrected chi connectivity index (χ3v) is 2.22. The van der Waals surface area contributed by atoms with Gasteiger partial charge < -0.3 is 0 Å². The van der Waals surface area contributed by atoms with E-state index in [-0.39, 0.29) is 6.54 Å². The van der Waals surface area contributed by atoms with E-state index in [1.807, 2.05) is 0 Å². The topological polar surface area (TPSA) is 89.0 Å². The number of ether oxygens (including phenoxy) is 2. The van der Waals surface area contributed by atoms with E-state index in [2.05, 4.69) is 36.4 Å². The van der Waals surface area contributed by atoms with Crippen LogP contribution in [0.5, 0.6) is 0 Å². The first kappa shape index (κ1) is 17.7. The number of carbonyl (C=O) groups excluding carboxylic acids is 2. The van der Waals surface area contributed by atoms with Gasteiger partial charge in [0.25, 0.3) is 0 Å². The molecule has 0 saturated carbocycles. The van der Waals surface area contributed by atoms with Crippen LogP contribution in [0.25, 0.3) is 0 Å². The van der Waals surface area contributed by atoms with Crippen LogP contribution in [0, 0.1) is 0 Å². The van der Waals surface area contributed by atoms with Crippen LogP contribution >= 0.6 is 0 Å². The Balaban J connectivity index is 3.74. The number of amides is 1. The van der Waals surface area contributed by atoms with Crippen LogP contribution < -0.4 is 10.6 Å². The minimum atomic E-state index is -0.511. The Bertz CT molecular complexity index is 339. The Morgan fingerprint density at radius 1 is 1.21 bits per heavy atom. The standard InChI is InChI=1S/C11H20N3O4Se/c1-11(2,3)18-10(16)13-6-5-12-9(19)14-7-8(15)17-4/h5-7H2,1-4H3,(H,12,14)(H,13,16). The second-order valence-corrected chi connectivity index (χ2v) is 5.36. The molecule has 0 aromatic heterocycles. The van der Waals surface area contributed by atoms with E-state index in [0.717, 1.165) is 0 Å². The first-order valence-corrected chi connectivity index (χ1v) is 6.59. The second-order valence-electron chi connectivity index (χ2n) is 4.55. The molecule has 0 fully saturated rings. The Kier molecular flexibility index (Phi) is 8.18. The fourth-order valence-electron chi connectivity index (χ4n) is 0.905. The van der Waals surface area contributed by atoms with Gasteiger partial charge in [-0.25, -0.2) is 0 Å². The Hall–Kier alpha value is -1.27. The van der Waals surface area contributed by atoms with E-state index in [1.165, 1.54) is 7.11 Å². The van der Waals surface area contributed by atoms with Gasteiger partial charge in [0.2, 0.25) is 0 Å². The molecule has 0 saturated heterocycles. The van der Waals surface area contributed by atoms with Crippen molar-refractivity contribution in [2.45, 2.75) is 26.4 Å². The molecule has 0 aromatic carbocycles. The number of nitrogens with one attached hydrogen (secondary N) is 2. The number of rotatable bonds is 5. The van der Waals surface area contributed by atoms with Crippen LogP contribution in [0.3, 0.4) is 0 Å². The van der Waals surface area contributed by atoms with Crippen molar-refractivity contribution in [2.75, 3.05) is 26.7 Å². The Morgan fingerprint density at radius 3 is 2.32 bits per heavy atom. The average Bonchev–Trinajstić information content (AvgIpc) is 2.29. The number of esters is 1. The second kappa shape index (κ2) is 8.77. The number of nitrogens with zero attached hydrogens (tertiary/aromatic N) is 1. The van der Waals surface area contributed by atoms with Crippen LogP contribution in [-0.2, 0) is 14.3 Å². The average molecular weight is 337 g/mol. The molecule has 0 aliphatic rings. The van der Waals surface area contributed by atoms with Crippen molar-refractivity contribution in [3.8, 4) is 0 Å². The first-order valence-electron chi connectivity index (χ1n) is 5.73. The fraction of sp³-hybridized carbons (Fsp3) is 0.727. The summed E-state index contributed by atoms with van der Waals surface area (Å²) in [5.41, 5.74) is -0.511. The van der Waals surface area contributed by atoms with Gasteiger partial charge >= 0.3 is 121 Å². The molecular weight excluding hydrogens is 317 g/mol. The number of amidine groups is 1. The number of aliphatic imine (C=N–C) groups is 1. The molecule has 0 aromatic rings. The third kappa shape index (κ3) is 11.5. The number of alkyl carbamates (subject to hydrolysis) is 1. The van der Waals surface area contributed by atoms with Crippen molar-refractivity contribution in [2.24, 2.45) is 4.99 Å². The molecule has 0 aliphatic carbocycles. The van der Waals surface area contributed by atoms with E-state index in [1.54, 1.807) is 20.8 Å². The summed E-state index contributed by atoms with van der Waals surface area (Å²) in [7, 11) is 1.30. The van der Waals surface area contributed by atoms with Crippen molar-refractivity contribution >= 4 is 32.8 Å². The van der Waals surface area contributed by atoms with Crippen LogP contribution in [0.2, 0.25) is 0 Å². The van der Waals surface area contributed by atoms with Gasteiger partial charge in [-0.2, -0.15) is 0 Å². The monoisotopic (exact) mass is 338 g/mol. The summed E-state index contributed by atoms with van der Waals surface area (Å²) >= 11 is 2.67. The Labute approximate surface area is 121 Å². The molecular formula is C11H20N3O4Se. The maximum absolute atomic E-state index is 11.3. The van der Waals surface area contributed by atoms with Gasteiger partial charge in [-0.3, -0.25) is 0 Å². The molecule has 0 spiro atoms. The number of hydrogen-bond donors (Lipinski definition) is 2. The third-order valence-electron chi connectivity index (χ3n) is 1.65. The summed E-state index contributed by atoms with van der Waals surface area (Å²) < 4.78 is 9.99. The van der Waals surface area contributed by atoms with E-state index < -0.39 is 17.7 Å². The molecule has 19 heavy (non-hydrogen) atoms. The van der Waals surface area contributed by atoms with E-state index in [0.29, 0.717) is 17.8 Å². The van der Waals surface area contributed by atoms with Gasteiger partial charge in [0.05, 0.1) is 0 Å². The molecule has 1 amide bonds. The Morgan fingerprint density at radius 2 is 1.79 bits per heavy atom. The molecule has 7 nitrogen and oxygen atoms in total. The molecule has 0 unspecified atom stereocenters. The first-order chi connectivity index (χ1) is 8.74. The van der Waals surface area contributed by atoms with E-state index in [4.69, 9.17) is 4.74 Å². The van der Waals surface area contributed by atoms with Gasteiger partial charge in [-0.05, 0) is 0 Å². The SMILES string of the molecule is COC(=O)CN=C([Se])NCCNC(=O)OC(C)(C)C. The summed E-state index contributed by atoms with van der Waals surface area (Å²) in [6.45, 7) is 6.18.